The molecule has 0 amide bonds. The second-order valence-electron chi connectivity index (χ2n) is 2.60. The first-order chi connectivity index (χ1) is 5.20. The van der Waals surface area contributed by atoms with Crippen LogP contribution in [0.25, 0.3) is 0 Å². The highest BCUT2D eigenvalue weighted by Crippen LogP contribution is 2.24. The molecule has 0 N–H and O–H groups in total. The third-order valence-corrected chi connectivity index (χ3v) is 1.85. The van der Waals surface area contributed by atoms with E-state index in [1.165, 1.54) is 0 Å². The average Bonchev–Trinajstić information content (AvgIpc) is 1.93. The highest BCUT2D eigenvalue weighted by atomic mass is 79.9. The van der Waals surface area contributed by atoms with Crippen LogP contribution in [0.15, 0.2) is 28.7 Å². The maximum absolute atomic E-state index is 5.50. The molecule has 1 nitrogen and oxygen atoms in total. The number of halogens is 1. The Labute approximate surface area is 75.5 Å². The molecule has 60 valence electrons. The molecular formula is C9H11BrO. The summed E-state index contributed by atoms with van der Waals surface area (Å²) in [6, 6.07) is 7.85. The molecule has 0 bridgehead atoms. The van der Waals surface area contributed by atoms with Crippen molar-refractivity contribution in [2.24, 2.45) is 0 Å². The molecule has 0 heterocycles. The van der Waals surface area contributed by atoms with Gasteiger partial charge in [0.05, 0.1) is 10.6 Å². The Balaban J connectivity index is 2.78. The van der Waals surface area contributed by atoms with Crippen LogP contribution in [0.2, 0.25) is 0 Å². The van der Waals surface area contributed by atoms with E-state index in [1.54, 1.807) is 0 Å². The maximum Gasteiger partial charge on any atom is 0.133 e. The first-order valence-electron chi connectivity index (χ1n) is 3.61. The molecule has 1 aromatic carbocycles. The summed E-state index contributed by atoms with van der Waals surface area (Å²) < 4.78 is 6.51. The van der Waals surface area contributed by atoms with Crippen molar-refractivity contribution >= 4 is 15.9 Å². The van der Waals surface area contributed by atoms with E-state index in [4.69, 9.17) is 4.74 Å². The van der Waals surface area contributed by atoms with E-state index < -0.39 is 0 Å². The molecule has 0 fully saturated rings. The van der Waals surface area contributed by atoms with E-state index >= 15 is 0 Å². The summed E-state index contributed by atoms with van der Waals surface area (Å²) in [6.07, 6.45) is 0.230. The van der Waals surface area contributed by atoms with E-state index in [2.05, 4.69) is 15.9 Å². The number of benzene rings is 1. The van der Waals surface area contributed by atoms with Crippen LogP contribution in [0, 0.1) is 0 Å². The molecule has 0 aromatic heterocycles. The first-order valence-corrected chi connectivity index (χ1v) is 4.40. The van der Waals surface area contributed by atoms with Crippen molar-refractivity contribution in [2.75, 3.05) is 0 Å². The highest BCUT2D eigenvalue weighted by Gasteiger charge is 1.99. The van der Waals surface area contributed by atoms with Crippen LogP contribution in [-0.2, 0) is 0 Å². The number of hydrogen-bond donors (Lipinski definition) is 0. The van der Waals surface area contributed by atoms with Crippen LogP contribution < -0.4 is 4.74 Å². The van der Waals surface area contributed by atoms with Gasteiger partial charge in [-0.3, -0.25) is 0 Å². The van der Waals surface area contributed by atoms with Crippen LogP contribution >= 0.6 is 15.9 Å². The fourth-order valence-electron chi connectivity index (χ4n) is 0.794. The van der Waals surface area contributed by atoms with Gasteiger partial charge in [-0.15, -0.1) is 0 Å². The number of ether oxygens (including phenoxy) is 1. The van der Waals surface area contributed by atoms with Crippen LogP contribution in [-0.4, -0.2) is 6.10 Å². The van der Waals surface area contributed by atoms with Crippen LogP contribution in [0.5, 0.6) is 5.75 Å². The standard InChI is InChI=1S/C9H11BrO/c1-7(2)11-9-6-4-3-5-8(9)10/h3-7H,1-2H3. The van der Waals surface area contributed by atoms with Crippen molar-refractivity contribution in [1.29, 1.82) is 0 Å². The normalized spacial score (nSPS) is 10.2. The molecule has 1 aromatic rings. The molecule has 11 heavy (non-hydrogen) atoms. The summed E-state index contributed by atoms with van der Waals surface area (Å²) in [4.78, 5) is 0. The summed E-state index contributed by atoms with van der Waals surface area (Å²) in [7, 11) is 0. The van der Waals surface area contributed by atoms with Gasteiger partial charge in [-0.05, 0) is 41.9 Å². The molecule has 0 saturated carbocycles. The van der Waals surface area contributed by atoms with Crippen molar-refractivity contribution in [3.8, 4) is 5.75 Å². The van der Waals surface area contributed by atoms with Crippen LogP contribution in [0.1, 0.15) is 13.8 Å². The van der Waals surface area contributed by atoms with Gasteiger partial charge in [-0.25, -0.2) is 0 Å². The number of rotatable bonds is 2. The van der Waals surface area contributed by atoms with Crippen LogP contribution in [0.4, 0.5) is 0 Å². The molecular weight excluding hydrogens is 204 g/mol. The molecule has 0 radical (unpaired) electrons. The van der Waals surface area contributed by atoms with E-state index in [9.17, 15) is 0 Å². The predicted octanol–water partition coefficient (Wildman–Crippen LogP) is 3.24. The minimum absolute atomic E-state index is 0.230. The van der Waals surface area contributed by atoms with Crippen molar-refractivity contribution in [3.05, 3.63) is 28.7 Å². The Bertz CT molecular complexity index is 233. The zero-order valence-electron chi connectivity index (χ0n) is 6.67. The summed E-state index contributed by atoms with van der Waals surface area (Å²) >= 11 is 3.40. The minimum atomic E-state index is 0.230. The zero-order chi connectivity index (χ0) is 8.27. The molecule has 0 spiro atoms. The van der Waals surface area contributed by atoms with Gasteiger partial charge in [0.1, 0.15) is 5.75 Å². The SMILES string of the molecule is CC(C)Oc1ccccc1Br. The monoisotopic (exact) mass is 214 g/mol. The minimum Gasteiger partial charge on any atom is -0.490 e. The maximum atomic E-state index is 5.50. The lowest BCUT2D eigenvalue weighted by molar-refractivity contribution is 0.241. The second-order valence-corrected chi connectivity index (χ2v) is 3.45. The van der Waals surface area contributed by atoms with Gasteiger partial charge in [0.15, 0.2) is 0 Å². The van der Waals surface area contributed by atoms with E-state index in [1.807, 2.05) is 38.1 Å². The van der Waals surface area contributed by atoms with Gasteiger partial charge in [0, 0.05) is 0 Å². The molecule has 0 aliphatic carbocycles. The van der Waals surface area contributed by atoms with Crippen LogP contribution in [0.3, 0.4) is 0 Å². The smallest absolute Gasteiger partial charge is 0.133 e. The fraction of sp³-hybridized carbons (Fsp3) is 0.333. The Kier molecular flexibility index (Phi) is 2.94. The van der Waals surface area contributed by atoms with E-state index in [-0.39, 0.29) is 6.10 Å². The van der Waals surface area contributed by atoms with E-state index in [0.717, 1.165) is 10.2 Å². The molecule has 0 saturated heterocycles. The lowest BCUT2D eigenvalue weighted by atomic mass is 10.3. The summed E-state index contributed by atoms with van der Waals surface area (Å²) in [5.74, 6) is 0.905. The number of para-hydroxylation sites is 1. The lowest BCUT2D eigenvalue weighted by Gasteiger charge is -2.10. The van der Waals surface area contributed by atoms with Crippen molar-refractivity contribution in [1.82, 2.24) is 0 Å². The number of hydrogen-bond acceptors (Lipinski definition) is 1. The van der Waals surface area contributed by atoms with Crippen molar-refractivity contribution in [3.63, 3.8) is 0 Å². The van der Waals surface area contributed by atoms with Crippen molar-refractivity contribution < 1.29 is 4.74 Å². The molecule has 2 heteroatoms. The third kappa shape index (κ3) is 2.54. The van der Waals surface area contributed by atoms with E-state index in [0.29, 0.717) is 0 Å². The Morgan fingerprint density at radius 3 is 2.45 bits per heavy atom. The topological polar surface area (TPSA) is 9.23 Å². The molecule has 0 aliphatic rings. The largest absolute Gasteiger partial charge is 0.490 e. The predicted molar refractivity (Wildman–Crippen MR) is 49.9 cm³/mol. The lowest BCUT2D eigenvalue weighted by Crippen LogP contribution is -2.05. The summed E-state index contributed by atoms with van der Waals surface area (Å²) in [5, 5.41) is 0. The molecule has 1 rings (SSSR count). The Hall–Kier alpha value is -0.500. The van der Waals surface area contributed by atoms with Gasteiger partial charge >= 0.3 is 0 Å². The average molecular weight is 215 g/mol. The van der Waals surface area contributed by atoms with Gasteiger partial charge in [-0.2, -0.15) is 0 Å². The van der Waals surface area contributed by atoms with Gasteiger partial charge < -0.3 is 4.74 Å². The third-order valence-electron chi connectivity index (χ3n) is 1.20. The first kappa shape index (κ1) is 8.60. The van der Waals surface area contributed by atoms with Gasteiger partial charge in [0.2, 0.25) is 0 Å². The quantitative estimate of drug-likeness (QED) is 0.735. The highest BCUT2D eigenvalue weighted by molar-refractivity contribution is 9.10. The zero-order valence-corrected chi connectivity index (χ0v) is 8.26. The van der Waals surface area contributed by atoms with Gasteiger partial charge in [0.25, 0.3) is 0 Å². The second kappa shape index (κ2) is 3.77. The molecule has 0 unspecified atom stereocenters. The van der Waals surface area contributed by atoms with Crippen molar-refractivity contribution in [2.45, 2.75) is 20.0 Å². The summed E-state index contributed by atoms with van der Waals surface area (Å²) in [5.41, 5.74) is 0. The Morgan fingerprint density at radius 1 is 1.27 bits per heavy atom. The fourth-order valence-corrected chi connectivity index (χ4v) is 1.17. The Morgan fingerprint density at radius 2 is 1.91 bits per heavy atom. The summed E-state index contributed by atoms with van der Waals surface area (Å²) in [6.45, 7) is 4.03. The molecule has 0 aliphatic heterocycles. The molecule has 0 atom stereocenters. The van der Waals surface area contributed by atoms with Gasteiger partial charge in [-0.1, -0.05) is 12.1 Å².